The number of benzene rings is 1. The van der Waals surface area contributed by atoms with Gasteiger partial charge in [0.15, 0.2) is 0 Å². The molecule has 5 heteroatoms. The summed E-state index contributed by atoms with van der Waals surface area (Å²) in [7, 11) is 2.08. The zero-order valence-corrected chi connectivity index (χ0v) is 12.4. The zero-order valence-electron chi connectivity index (χ0n) is 12.4. The fourth-order valence-electron chi connectivity index (χ4n) is 2.41. The molecule has 1 aromatic rings. The summed E-state index contributed by atoms with van der Waals surface area (Å²) in [6, 6.07) is 5.60. The highest BCUT2D eigenvalue weighted by Crippen LogP contribution is 2.21. The van der Waals surface area contributed by atoms with E-state index in [4.69, 9.17) is 10.5 Å². The smallest absolute Gasteiger partial charge is 0.254 e. The van der Waals surface area contributed by atoms with Crippen LogP contribution in [-0.2, 0) is 0 Å². The van der Waals surface area contributed by atoms with Crippen molar-refractivity contribution in [2.45, 2.75) is 19.9 Å². The molecule has 1 saturated heterocycles. The van der Waals surface area contributed by atoms with Crippen LogP contribution in [0.1, 0.15) is 24.2 Å². The molecule has 0 aromatic heterocycles. The summed E-state index contributed by atoms with van der Waals surface area (Å²) in [6.07, 6.45) is 0. The quantitative estimate of drug-likeness (QED) is 0.849. The van der Waals surface area contributed by atoms with Crippen LogP contribution in [0.3, 0.4) is 0 Å². The Bertz CT molecular complexity index is 490. The minimum absolute atomic E-state index is 0.0261. The Morgan fingerprint density at radius 1 is 1.40 bits per heavy atom. The number of piperazine rings is 1. The first kappa shape index (κ1) is 14.7. The van der Waals surface area contributed by atoms with Gasteiger partial charge >= 0.3 is 0 Å². The number of carbonyl (C=O) groups is 1. The second-order valence-corrected chi connectivity index (χ2v) is 5.30. The summed E-state index contributed by atoms with van der Waals surface area (Å²) in [4.78, 5) is 16.7. The first-order chi connectivity index (χ1) is 9.51. The van der Waals surface area contributed by atoms with Crippen molar-refractivity contribution in [3.63, 3.8) is 0 Å². The van der Waals surface area contributed by atoms with Crippen LogP contribution in [0.25, 0.3) is 0 Å². The van der Waals surface area contributed by atoms with E-state index in [1.165, 1.54) is 0 Å². The number of hydrogen-bond acceptors (Lipinski definition) is 4. The molecule has 0 spiro atoms. The molecule has 1 unspecified atom stereocenters. The van der Waals surface area contributed by atoms with Crippen molar-refractivity contribution < 1.29 is 9.53 Å². The molecule has 1 aliphatic heterocycles. The minimum atomic E-state index is 0.0261. The van der Waals surface area contributed by atoms with Crippen molar-refractivity contribution in [1.82, 2.24) is 9.80 Å². The number of hydrogen-bond donors (Lipinski definition) is 1. The second kappa shape index (κ2) is 6.13. The number of amides is 1. The van der Waals surface area contributed by atoms with Gasteiger partial charge in [0.05, 0.1) is 6.61 Å². The van der Waals surface area contributed by atoms with Gasteiger partial charge in [-0.05, 0) is 33.0 Å². The minimum Gasteiger partial charge on any atom is -0.494 e. The summed E-state index contributed by atoms with van der Waals surface area (Å²) in [5, 5.41) is 0. The zero-order chi connectivity index (χ0) is 14.7. The highest BCUT2D eigenvalue weighted by molar-refractivity contribution is 5.95. The Hall–Kier alpha value is -1.75. The SMILES string of the molecule is CCOc1cc(N)cc(C(=O)N2CCN(C)C(C)C2)c1. The van der Waals surface area contributed by atoms with E-state index in [-0.39, 0.29) is 5.91 Å². The molecular weight excluding hydrogens is 254 g/mol. The van der Waals surface area contributed by atoms with Crippen molar-refractivity contribution in [3.05, 3.63) is 23.8 Å². The van der Waals surface area contributed by atoms with Crippen molar-refractivity contribution in [3.8, 4) is 5.75 Å². The van der Waals surface area contributed by atoms with Gasteiger partial charge in [-0.15, -0.1) is 0 Å². The Labute approximate surface area is 120 Å². The lowest BCUT2D eigenvalue weighted by Gasteiger charge is -2.37. The Morgan fingerprint density at radius 2 is 2.15 bits per heavy atom. The Kier molecular flexibility index (Phi) is 4.49. The molecule has 0 bridgehead atoms. The molecule has 5 nitrogen and oxygen atoms in total. The largest absolute Gasteiger partial charge is 0.494 e. The topological polar surface area (TPSA) is 58.8 Å². The highest BCUT2D eigenvalue weighted by atomic mass is 16.5. The molecule has 0 saturated carbocycles. The molecule has 1 fully saturated rings. The monoisotopic (exact) mass is 277 g/mol. The second-order valence-electron chi connectivity index (χ2n) is 5.30. The van der Waals surface area contributed by atoms with Crippen molar-refractivity contribution in [2.24, 2.45) is 0 Å². The first-order valence-electron chi connectivity index (χ1n) is 7.04. The van der Waals surface area contributed by atoms with E-state index < -0.39 is 0 Å². The average Bonchev–Trinajstić information content (AvgIpc) is 2.41. The average molecular weight is 277 g/mol. The van der Waals surface area contributed by atoms with Crippen molar-refractivity contribution >= 4 is 11.6 Å². The number of ether oxygens (including phenoxy) is 1. The predicted molar refractivity (Wildman–Crippen MR) is 80.0 cm³/mol. The summed E-state index contributed by atoms with van der Waals surface area (Å²) in [5.41, 5.74) is 7.01. The number of nitrogens with two attached hydrogens (primary N) is 1. The number of nitrogen functional groups attached to an aromatic ring is 1. The number of anilines is 1. The molecule has 1 heterocycles. The molecule has 110 valence electrons. The lowest BCUT2D eigenvalue weighted by Crippen LogP contribution is -2.52. The Morgan fingerprint density at radius 3 is 2.80 bits per heavy atom. The van der Waals surface area contributed by atoms with Gasteiger partial charge in [-0.25, -0.2) is 0 Å². The third kappa shape index (κ3) is 3.22. The van der Waals surface area contributed by atoms with Gasteiger partial charge in [0.2, 0.25) is 0 Å². The van der Waals surface area contributed by atoms with Crippen LogP contribution < -0.4 is 10.5 Å². The maximum atomic E-state index is 12.6. The highest BCUT2D eigenvalue weighted by Gasteiger charge is 2.25. The van der Waals surface area contributed by atoms with Crippen LogP contribution in [-0.4, -0.2) is 55.0 Å². The van der Waals surface area contributed by atoms with Gasteiger partial charge in [0, 0.05) is 43.0 Å². The maximum absolute atomic E-state index is 12.6. The van der Waals surface area contributed by atoms with E-state index in [1.807, 2.05) is 11.8 Å². The third-order valence-corrected chi connectivity index (χ3v) is 3.73. The Balaban J connectivity index is 2.16. The van der Waals surface area contributed by atoms with E-state index in [0.29, 0.717) is 29.6 Å². The molecule has 2 rings (SSSR count). The molecule has 1 aliphatic rings. The fraction of sp³-hybridized carbons (Fsp3) is 0.533. The standard InChI is InChI=1S/C15H23N3O2/c1-4-20-14-8-12(7-13(16)9-14)15(19)18-6-5-17(3)11(2)10-18/h7-9,11H,4-6,10,16H2,1-3H3. The van der Waals surface area contributed by atoms with Crippen LogP contribution >= 0.6 is 0 Å². The lowest BCUT2D eigenvalue weighted by atomic mass is 10.1. The molecule has 0 radical (unpaired) electrons. The number of rotatable bonds is 3. The van der Waals surface area contributed by atoms with Gasteiger partial charge in [-0.2, -0.15) is 0 Å². The number of likely N-dealkylation sites (N-methyl/N-ethyl adjacent to an activating group) is 1. The molecular formula is C15H23N3O2. The van der Waals surface area contributed by atoms with Gasteiger partial charge < -0.3 is 20.3 Å². The van der Waals surface area contributed by atoms with Crippen LogP contribution in [0.2, 0.25) is 0 Å². The van der Waals surface area contributed by atoms with E-state index in [1.54, 1.807) is 18.2 Å². The van der Waals surface area contributed by atoms with Crippen molar-refractivity contribution in [2.75, 3.05) is 39.0 Å². The normalized spacial score (nSPS) is 19.9. The summed E-state index contributed by atoms with van der Waals surface area (Å²) in [6.45, 7) is 6.99. The van der Waals surface area contributed by atoms with E-state index >= 15 is 0 Å². The van der Waals surface area contributed by atoms with E-state index in [2.05, 4.69) is 18.9 Å². The molecule has 1 atom stereocenters. The molecule has 0 aliphatic carbocycles. The first-order valence-corrected chi connectivity index (χ1v) is 7.04. The fourth-order valence-corrected chi connectivity index (χ4v) is 2.41. The third-order valence-electron chi connectivity index (χ3n) is 3.73. The molecule has 1 amide bonds. The van der Waals surface area contributed by atoms with Gasteiger partial charge in [0.25, 0.3) is 5.91 Å². The van der Waals surface area contributed by atoms with Crippen LogP contribution in [0.4, 0.5) is 5.69 Å². The van der Waals surface area contributed by atoms with E-state index in [0.717, 1.165) is 19.6 Å². The van der Waals surface area contributed by atoms with Crippen LogP contribution in [0.5, 0.6) is 5.75 Å². The lowest BCUT2D eigenvalue weighted by molar-refractivity contribution is 0.0572. The summed E-state index contributed by atoms with van der Waals surface area (Å²) in [5.74, 6) is 0.677. The number of nitrogens with zero attached hydrogens (tertiary/aromatic N) is 2. The molecule has 2 N–H and O–H groups in total. The summed E-state index contributed by atoms with van der Waals surface area (Å²) < 4.78 is 5.44. The summed E-state index contributed by atoms with van der Waals surface area (Å²) >= 11 is 0. The van der Waals surface area contributed by atoms with Gasteiger partial charge in [-0.3, -0.25) is 4.79 Å². The predicted octanol–water partition coefficient (Wildman–Crippen LogP) is 1.44. The van der Waals surface area contributed by atoms with Gasteiger partial charge in [0.1, 0.15) is 5.75 Å². The van der Waals surface area contributed by atoms with Crippen molar-refractivity contribution in [1.29, 1.82) is 0 Å². The number of carbonyl (C=O) groups excluding carboxylic acids is 1. The van der Waals surface area contributed by atoms with Gasteiger partial charge in [-0.1, -0.05) is 0 Å². The van der Waals surface area contributed by atoms with E-state index in [9.17, 15) is 4.79 Å². The molecule has 20 heavy (non-hydrogen) atoms. The molecule has 1 aromatic carbocycles. The van der Waals surface area contributed by atoms with Crippen LogP contribution in [0.15, 0.2) is 18.2 Å². The maximum Gasteiger partial charge on any atom is 0.254 e. The van der Waals surface area contributed by atoms with Crippen LogP contribution in [0, 0.1) is 0 Å².